The van der Waals surface area contributed by atoms with Gasteiger partial charge in [-0.25, -0.2) is 0 Å². The van der Waals surface area contributed by atoms with Gasteiger partial charge in [-0.1, -0.05) is 20.7 Å². The van der Waals surface area contributed by atoms with Crippen LogP contribution < -0.4 is 0 Å². The van der Waals surface area contributed by atoms with E-state index in [1.54, 1.807) is 6.08 Å². The van der Waals surface area contributed by atoms with E-state index in [1.807, 2.05) is 13.8 Å². The molecule has 0 saturated carbocycles. The summed E-state index contributed by atoms with van der Waals surface area (Å²) < 4.78 is 3.04. The number of allylic oxidation sites excluding steroid dienone is 3. The minimum Gasteiger partial charge on any atom is -0.258 e. The summed E-state index contributed by atoms with van der Waals surface area (Å²) in [7, 11) is 0. The van der Waals surface area contributed by atoms with Crippen LogP contribution in [-0.4, -0.2) is 8.43 Å². The van der Waals surface area contributed by atoms with Crippen LogP contribution in [0.15, 0.2) is 21.4 Å². The summed E-state index contributed by atoms with van der Waals surface area (Å²) in [5.74, 6) is 0. The fourth-order valence-corrected chi connectivity index (χ4v) is 2.56. The number of nitro groups is 1. The fourth-order valence-electron chi connectivity index (χ4n) is 0.749. The Kier molecular flexibility index (Phi) is 2.53. The van der Waals surface area contributed by atoms with Crippen LogP contribution in [0.3, 0.4) is 0 Å². The number of halogens is 1. The molecule has 11 heavy (non-hydrogen) atoms. The average molecular weight is 265 g/mol. The van der Waals surface area contributed by atoms with Crippen molar-refractivity contribution >= 4 is 24.2 Å². The number of hydrogen-bond acceptors (Lipinski definition) is 2. The van der Waals surface area contributed by atoms with Crippen LogP contribution in [0.5, 0.6) is 0 Å². The molecule has 0 atom stereocenters. The Morgan fingerprint density at radius 2 is 2.18 bits per heavy atom. The van der Waals surface area contributed by atoms with Gasteiger partial charge in [0.15, 0.2) is 0 Å². The molecule has 0 aliphatic carbocycles. The summed E-state index contributed by atoms with van der Waals surface area (Å²) >= 11 is -0.217. The van der Waals surface area contributed by atoms with Crippen molar-refractivity contribution in [3.8, 4) is 0 Å². The van der Waals surface area contributed by atoms with E-state index in [9.17, 15) is 10.1 Å². The minimum atomic E-state index is -0.300. The Hall–Kier alpha value is -0.520. The van der Waals surface area contributed by atoms with Gasteiger partial charge in [-0.15, -0.1) is 0 Å². The molecule has 0 saturated heterocycles. The smallest absolute Gasteiger partial charge is 0.258 e. The summed E-state index contributed by atoms with van der Waals surface area (Å²) in [6.45, 7) is 3.74. The Bertz CT molecular complexity index is 289. The summed E-state index contributed by atoms with van der Waals surface area (Å²) in [5.41, 5.74) is 1.33. The maximum atomic E-state index is 10.4. The van der Waals surface area contributed by atoms with Crippen molar-refractivity contribution < 1.29 is 4.92 Å². The van der Waals surface area contributed by atoms with Crippen molar-refractivity contribution in [3.63, 3.8) is 0 Å². The van der Waals surface area contributed by atoms with Gasteiger partial charge in [0.05, 0.1) is 8.43 Å². The van der Waals surface area contributed by atoms with Crippen LogP contribution in [-0.2, 0) is 0 Å². The van der Waals surface area contributed by atoms with Gasteiger partial charge in [-0.3, -0.25) is 10.1 Å². The Morgan fingerprint density at radius 3 is 2.64 bits per heavy atom. The first-order valence-corrected chi connectivity index (χ1v) is 5.44. The lowest BCUT2D eigenvalue weighted by Crippen LogP contribution is -2.07. The first-order chi connectivity index (χ1) is 5.11. The van der Waals surface area contributed by atoms with E-state index < -0.39 is 0 Å². The molecule has 0 aromatic rings. The van der Waals surface area contributed by atoms with Crippen molar-refractivity contribution in [1.82, 2.24) is 0 Å². The second-order valence-electron chi connectivity index (χ2n) is 2.28. The third-order valence-electron chi connectivity index (χ3n) is 1.30. The SMILES string of the molecule is CC1=CI=C(C)C([N+](=O)[O-])=C1. The maximum absolute atomic E-state index is 10.4. The predicted molar refractivity (Wildman–Crippen MR) is 53.5 cm³/mol. The Balaban J connectivity index is 3.07. The quantitative estimate of drug-likeness (QED) is 0.414. The molecule has 0 aromatic carbocycles. The second kappa shape index (κ2) is 3.25. The lowest BCUT2D eigenvalue weighted by molar-refractivity contribution is -0.414. The van der Waals surface area contributed by atoms with E-state index in [2.05, 4.69) is 4.08 Å². The van der Waals surface area contributed by atoms with Gasteiger partial charge in [0.25, 0.3) is 5.70 Å². The van der Waals surface area contributed by atoms with Gasteiger partial charge in [-0.2, -0.15) is 0 Å². The van der Waals surface area contributed by atoms with E-state index in [4.69, 9.17) is 0 Å². The van der Waals surface area contributed by atoms with Gasteiger partial charge >= 0.3 is 0 Å². The van der Waals surface area contributed by atoms with E-state index in [1.165, 1.54) is 0 Å². The molecule has 3 nitrogen and oxygen atoms in total. The van der Waals surface area contributed by atoms with Gasteiger partial charge in [0.1, 0.15) is 0 Å². The third-order valence-corrected chi connectivity index (χ3v) is 4.09. The first-order valence-electron chi connectivity index (χ1n) is 3.11. The summed E-state index contributed by atoms with van der Waals surface area (Å²) in [6.07, 6.45) is 1.64. The molecule has 0 unspecified atom stereocenters. The molecule has 0 aromatic heterocycles. The highest BCUT2D eigenvalue weighted by Crippen LogP contribution is 2.20. The average Bonchev–Trinajstić information content (AvgIpc) is 1.94. The molecule has 1 aliphatic heterocycles. The molecular weight excluding hydrogens is 257 g/mol. The van der Waals surface area contributed by atoms with E-state index in [-0.39, 0.29) is 25.7 Å². The molecule has 1 rings (SSSR count). The van der Waals surface area contributed by atoms with Crippen LogP contribution in [0.4, 0.5) is 0 Å². The third kappa shape index (κ3) is 1.95. The Labute approximate surface area is 74.7 Å². The van der Waals surface area contributed by atoms with E-state index in [0.717, 1.165) is 9.08 Å². The van der Waals surface area contributed by atoms with Crippen LogP contribution in [0.2, 0.25) is 0 Å². The zero-order valence-corrected chi connectivity index (χ0v) is 8.45. The lowest BCUT2D eigenvalue weighted by atomic mass is 10.2. The molecule has 0 radical (unpaired) electrons. The number of hydrogen-bond donors (Lipinski definition) is 0. The van der Waals surface area contributed by atoms with Crippen molar-refractivity contribution in [2.24, 2.45) is 0 Å². The number of rotatable bonds is 1. The van der Waals surface area contributed by atoms with Gasteiger partial charge in [-0.05, 0) is 23.5 Å². The normalized spacial score (nSPS) is 17.5. The molecule has 1 heterocycles. The maximum Gasteiger partial charge on any atom is 0.278 e. The molecule has 0 spiro atoms. The lowest BCUT2D eigenvalue weighted by Gasteiger charge is -2.01. The predicted octanol–water partition coefficient (Wildman–Crippen LogP) is 2.23. The van der Waals surface area contributed by atoms with Crippen molar-refractivity contribution in [3.05, 3.63) is 31.5 Å². The summed E-state index contributed by atoms with van der Waals surface area (Å²) in [5, 5.41) is 10.4. The highest BCUT2D eigenvalue weighted by molar-refractivity contribution is 14.2. The molecule has 0 bridgehead atoms. The standard InChI is InChI=1S/C7H8INO2/c1-5-3-7(9(10)11)6(2)8-4-5/h3-4H,1-2H3. The molecule has 0 amide bonds. The van der Waals surface area contributed by atoms with E-state index in [0.29, 0.717) is 5.70 Å². The van der Waals surface area contributed by atoms with E-state index >= 15 is 0 Å². The van der Waals surface area contributed by atoms with Crippen LogP contribution in [0.25, 0.3) is 0 Å². The number of nitrogens with zero attached hydrogens (tertiary/aromatic N) is 1. The molecule has 4 heteroatoms. The zero-order valence-electron chi connectivity index (χ0n) is 6.30. The minimum absolute atomic E-state index is 0.217. The van der Waals surface area contributed by atoms with Gasteiger partial charge < -0.3 is 0 Å². The van der Waals surface area contributed by atoms with Crippen LogP contribution in [0.1, 0.15) is 13.8 Å². The zero-order chi connectivity index (χ0) is 8.43. The molecule has 0 N–H and O–H groups in total. The van der Waals surface area contributed by atoms with Crippen molar-refractivity contribution in [2.75, 3.05) is 0 Å². The van der Waals surface area contributed by atoms with Gasteiger partial charge in [0, 0.05) is 6.08 Å². The Morgan fingerprint density at radius 1 is 1.55 bits per heavy atom. The van der Waals surface area contributed by atoms with Crippen molar-refractivity contribution in [2.45, 2.75) is 13.8 Å². The topological polar surface area (TPSA) is 43.1 Å². The monoisotopic (exact) mass is 265 g/mol. The largest absolute Gasteiger partial charge is 0.278 e. The summed E-state index contributed by atoms with van der Waals surface area (Å²) in [4.78, 5) is 10.1. The molecule has 60 valence electrons. The summed E-state index contributed by atoms with van der Waals surface area (Å²) in [6, 6.07) is 0. The first kappa shape index (κ1) is 8.58. The molecule has 1 aliphatic rings. The molecular formula is C7H8INO2. The van der Waals surface area contributed by atoms with Gasteiger partial charge in [0.2, 0.25) is 0 Å². The molecule has 0 fully saturated rings. The fraction of sp³-hybridized carbons (Fsp3) is 0.286. The second-order valence-corrected chi connectivity index (χ2v) is 5.15. The highest BCUT2D eigenvalue weighted by atomic mass is 127. The van der Waals surface area contributed by atoms with Crippen LogP contribution in [0, 0.1) is 10.1 Å². The van der Waals surface area contributed by atoms with Crippen molar-refractivity contribution in [1.29, 1.82) is 0 Å². The van der Waals surface area contributed by atoms with Crippen LogP contribution >= 0.6 is 20.7 Å². The highest BCUT2D eigenvalue weighted by Gasteiger charge is 2.15.